The first-order chi connectivity index (χ1) is 16.5. The fraction of sp³-hybridized carbons (Fsp3) is 0.231. The molecule has 176 valence electrons. The molecule has 0 saturated carbocycles. The summed E-state index contributed by atoms with van der Waals surface area (Å²) in [7, 11) is 2.98. The maximum Gasteiger partial charge on any atom is 0.265 e. The fourth-order valence-electron chi connectivity index (χ4n) is 3.75. The van der Waals surface area contributed by atoms with Gasteiger partial charge in [-0.2, -0.15) is 0 Å². The Bertz CT molecular complexity index is 1190. The highest BCUT2D eigenvalue weighted by atomic mass is 16.5. The molecule has 0 aromatic heterocycles. The highest BCUT2D eigenvalue weighted by Crippen LogP contribution is 2.35. The van der Waals surface area contributed by atoms with Crippen LogP contribution in [0.3, 0.4) is 0 Å². The zero-order valence-corrected chi connectivity index (χ0v) is 19.3. The third-order valence-electron chi connectivity index (χ3n) is 5.39. The minimum absolute atomic E-state index is 0.0540. The van der Waals surface area contributed by atoms with Gasteiger partial charge in [-0.3, -0.25) is 9.59 Å². The summed E-state index contributed by atoms with van der Waals surface area (Å²) in [6.45, 7) is 2.58. The Morgan fingerprint density at radius 1 is 1.03 bits per heavy atom. The third-order valence-corrected chi connectivity index (χ3v) is 5.39. The number of methoxy groups -OCH3 is 2. The van der Waals surface area contributed by atoms with E-state index in [1.54, 1.807) is 41.3 Å². The summed E-state index contributed by atoms with van der Waals surface area (Å²) in [6, 6.07) is 18.0. The molecule has 0 saturated heterocycles. The molecule has 0 radical (unpaired) electrons. The maximum atomic E-state index is 13.0. The summed E-state index contributed by atoms with van der Waals surface area (Å²) < 4.78 is 22.1. The van der Waals surface area contributed by atoms with Crippen LogP contribution >= 0.6 is 0 Å². The molecule has 1 aliphatic heterocycles. The Hall–Kier alpha value is -4.20. The van der Waals surface area contributed by atoms with Gasteiger partial charge in [-0.05, 0) is 55.0 Å². The van der Waals surface area contributed by atoms with Crippen molar-refractivity contribution in [2.45, 2.75) is 6.92 Å². The number of hydrogen-bond donors (Lipinski definition) is 1. The highest BCUT2D eigenvalue weighted by molar-refractivity contribution is 6.09. The number of nitrogens with one attached hydrogen (secondary N) is 1. The molecule has 2 amide bonds. The number of carbonyl (C=O) groups is 2. The lowest BCUT2D eigenvalue weighted by Crippen LogP contribution is -2.41. The summed E-state index contributed by atoms with van der Waals surface area (Å²) in [4.78, 5) is 27.2. The summed E-state index contributed by atoms with van der Waals surface area (Å²) in [6.07, 6.45) is 0. The lowest BCUT2D eigenvalue weighted by molar-refractivity contribution is -0.121. The topological polar surface area (TPSA) is 86.3 Å². The van der Waals surface area contributed by atoms with Crippen molar-refractivity contribution in [1.29, 1.82) is 0 Å². The largest absolute Gasteiger partial charge is 0.496 e. The number of ether oxygens (including phenoxy) is 4. The molecule has 0 unspecified atom stereocenters. The number of benzene rings is 3. The van der Waals surface area contributed by atoms with Crippen LogP contribution in [0, 0.1) is 6.92 Å². The van der Waals surface area contributed by atoms with Crippen molar-refractivity contribution in [3.63, 3.8) is 0 Å². The normalized spacial score (nSPS) is 12.4. The number of carbonyl (C=O) groups excluding carboxylic acids is 2. The first-order valence-electron chi connectivity index (χ1n) is 10.8. The van der Waals surface area contributed by atoms with Crippen molar-refractivity contribution in [1.82, 2.24) is 0 Å². The van der Waals surface area contributed by atoms with E-state index in [1.807, 2.05) is 31.2 Å². The smallest absolute Gasteiger partial charge is 0.265 e. The van der Waals surface area contributed by atoms with Crippen LogP contribution in [-0.2, 0) is 4.79 Å². The van der Waals surface area contributed by atoms with Gasteiger partial charge in [0.2, 0.25) is 0 Å². The van der Waals surface area contributed by atoms with Gasteiger partial charge in [0.1, 0.15) is 35.2 Å². The first kappa shape index (κ1) is 23.0. The van der Waals surface area contributed by atoms with Crippen LogP contribution < -0.4 is 29.2 Å². The number of rotatable bonds is 8. The molecule has 8 heteroatoms. The van der Waals surface area contributed by atoms with Crippen LogP contribution in [0.15, 0.2) is 60.7 Å². The van der Waals surface area contributed by atoms with E-state index >= 15 is 0 Å². The van der Waals surface area contributed by atoms with Crippen molar-refractivity contribution in [2.24, 2.45) is 0 Å². The van der Waals surface area contributed by atoms with Gasteiger partial charge in [-0.25, -0.2) is 0 Å². The molecule has 8 nitrogen and oxygen atoms in total. The molecule has 0 bridgehead atoms. The van der Waals surface area contributed by atoms with Gasteiger partial charge in [-0.1, -0.05) is 18.2 Å². The molecule has 0 atom stereocenters. The molecule has 0 aliphatic carbocycles. The lowest BCUT2D eigenvalue weighted by atomic mass is 10.1. The van der Waals surface area contributed by atoms with Crippen molar-refractivity contribution in [2.75, 3.05) is 44.2 Å². The summed E-state index contributed by atoms with van der Waals surface area (Å²) in [5.41, 5.74) is 2.44. The van der Waals surface area contributed by atoms with Crippen LogP contribution in [-0.4, -0.2) is 45.8 Å². The fourth-order valence-corrected chi connectivity index (χ4v) is 3.75. The molecule has 0 fully saturated rings. The number of nitrogens with zero attached hydrogens (tertiary/aromatic N) is 1. The van der Waals surface area contributed by atoms with E-state index in [4.69, 9.17) is 18.9 Å². The van der Waals surface area contributed by atoms with E-state index < -0.39 is 5.91 Å². The van der Waals surface area contributed by atoms with Crippen molar-refractivity contribution < 1.29 is 28.5 Å². The SMILES string of the molecule is COc1cccc(OC)c1C(=O)Nc1ccc2c(c1)N(CCOc1cccc(C)c1)C(=O)CO2. The van der Waals surface area contributed by atoms with E-state index in [0.29, 0.717) is 41.8 Å². The van der Waals surface area contributed by atoms with Gasteiger partial charge in [0.05, 0.1) is 26.5 Å². The second-order valence-corrected chi connectivity index (χ2v) is 7.67. The second-order valence-electron chi connectivity index (χ2n) is 7.67. The first-order valence-corrected chi connectivity index (χ1v) is 10.8. The Kier molecular flexibility index (Phi) is 6.87. The highest BCUT2D eigenvalue weighted by Gasteiger charge is 2.26. The molecule has 0 spiro atoms. The van der Waals surface area contributed by atoms with Crippen molar-refractivity contribution in [3.05, 3.63) is 71.8 Å². The van der Waals surface area contributed by atoms with E-state index in [0.717, 1.165) is 11.3 Å². The Labute approximate surface area is 198 Å². The molecular weight excluding hydrogens is 436 g/mol. The van der Waals surface area contributed by atoms with E-state index in [1.165, 1.54) is 14.2 Å². The average molecular weight is 463 g/mol. The Balaban J connectivity index is 1.52. The summed E-state index contributed by atoms with van der Waals surface area (Å²) in [5.74, 6) is 1.50. The lowest BCUT2D eigenvalue weighted by Gasteiger charge is -2.29. The molecule has 3 aromatic carbocycles. The molecule has 34 heavy (non-hydrogen) atoms. The number of hydrogen-bond acceptors (Lipinski definition) is 6. The van der Waals surface area contributed by atoms with Crippen LogP contribution in [0.25, 0.3) is 0 Å². The monoisotopic (exact) mass is 462 g/mol. The second kappa shape index (κ2) is 10.2. The zero-order valence-electron chi connectivity index (χ0n) is 19.3. The number of fused-ring (bicyclic) bond motifs is 1. The quantitative estimate of drug-likeness (QED) is 0.543. The third kappa shape index (κ3) is 4.91. The summed E-state index contributed by atoms with van der Waals surface area (Å²) >= 11 is 0. The van der Waals surface area contributed by atoms with Crippen LogP contribution in [0.2, 0.25) is 0 Å². The minimum atomic E-state index is -0.397. The van der Waals surface area contributed by atoms with Gasteiger partial charge in [0.25, 0.3) is 11.8 Å². The van der Waals surface area contributed by atoms with Crippen LogP contribution in [0.1, 0.15) is 15.9 Å². The molecule has 1 aliphatic rings. The Morgan fingerprint density at radius 2 is 1.76 bits per heavy atom. The van der Waals surface area contributed by atoms with Gasteiger partial charge >= 0.3 is 0 Å². The number of anilines is 2. The standard InChI is InChI=1S/C26H26N2O6/c1-17-6-4-7-19(14-17)33-13-12-28-20-15-18(10-11-21(20)34-16-24(28)29)27-26(30)25-22(31-2)8-5-9-23(25)32-3/h4-11,14-15H,12-13,16H2,1-3H3,(H,27,30). The molecular formula is C26H26N2O6. The van der Waals surface area contributed by atoms with Gasteiger partial charge < -0.3 is 29.2 Å². The predicted octanol–water partition coefficient (Wildman–Crippen LogP) is 4.07. The van der Waals surface area contributed by atoms with E-state index in [9.17, 15) is 9.59 Å². The van der Waals surface area contributed by atoms with Gasteiger partial charge in [-0.15, -0.1) is 0 Å². The predicted molar refractivity (Wildman–Crippen MR) is 128 cm³/mol. The average Bonchev–Trinajstić information content (AvgIpc) is 2.84. The van der Waals surface area contributed by atoms with E-state index in [-0.39, 0.29) is 18.1 Å². The Morgan fingerprint density at radius 3 is 2.47 bits per heavy atom. The van der Waals surface area contributed by atoms with Crippen LogP contribution in [0.4, 0.5) is 11.4 Å². The summed E-state index contributed by atoms with van der Waals surface area (Å²) in [5, 5.41) is 2.86. The van der Waals surface area contributed by atoms with E-state index in [2.05, 4.69) is 5.32 Å². The molecule has 1 heterocycles. The minimum Gasteiger partial charge on any atom is -0.496 e. The van der Waals surface area contributed by atoms with Gasteiger partial charge in [0, 0.05) is 5.69 Å². The molecule has 4 rings (SSSR count). The van der Waals surface area contributed by atoms with Crippen molar-refractivity contribution >= 4 is 23.2 Å². The van der Waals surface area contributed by atoms with Crippen LogP contribution in [0.5, 0.6) is 23.0 Å². The maximum absolute atomic E-state index is 13.0. The zero-order chi connectivity index (χ0) is 24.1. The van der Waals surface area contributed by atoms with Crippen molar-refractivity contribution in [3.8, 4) is 23.0 Å². The number of aryl methyl sites for hydroxylation is 1. The van der Waals surface area contributed by atoms with Gasteiger partial charge in [0.15, 0.2) is 6.61 Å². The number of amides is 2. The molecule has 3 aromatic rings. The molecule has 1 N–H and O–H groups in total.